The molecule has 0 saturated heterocycles. The van der Waals surface area contributed by atoms with Crippen LogP contribution < -0.4 is 10.6 Å². The van der Waals surface area contributed by atoms with E-state index in [9.17, 15) is 13.6 Å². The number of rotatable bonds is 4. The van der Waals surface area contributed by atoms with Crippen LogP contribution in [0, 0.1) is 11.6 Å². The Balaban J connectivity index is 0.00000242. The second kappa shape index (κ2) is 7.87. The lowest BCUT2D eigenvalue weighted by Gasteiger charge is -2.23. The monoisotopic (exact) mass is 326 g/mol. The number of nitrogens with zero attached hydrogens (tertiary/aromatic N) is 1. The average molecular weight is 327 g/mol. The van der Waals surface area contributed by atoms with Crippen LogP contribution in [0.5, 0.6) is 0 Å². The number of carbonyl (C=O) groups excluding carboxylic acids is 1. The number of nitrogens with two attached hydrogens (primary N) is 1. The maximum absolute atomic E-state index is 13.3. The topological polar surface area (TPSA) is 46.3 Å². The van der Waals surface area contributed by atoms with Crippen LogP contribution in [0.25, 0.3) is 0 Å². The number of benzene rings is 2. The van der Waals surface area contributed by atoms with Gasteiger partial charge in [-0.15, -0.1) is 12.4 Å². The minimum absolute atomic E-state index is 0. The van der Waals surface area contributed by atoms with Crippen molar-refractivity contribution in [3.63, 3.8) is 0 Å². The molecule has 0 fully saturated rings. The van der Waals surface area contributed by atoms with E-state index in [1.807, 2.05) is 30.3 Å². The zero-order chi connectivity index (χ0) is 15.4. The van der Waals surface area contributed by atoms with Gasteiger partial charge in [-0.1, -0.05) is 30.3 Å². The molecule has 6 heteroatoms. The van der Waals surface area contributed by atoms with Crippen molar-refractivity contribution in [2.24, 2.45) is 5.73 Å². The lowest BCUT2D eigenvalue weighted by atomic mass is 9.97. The molecule has 3 nitrogen and oxygen atoms in total. The fourth-order valence-electron chi connectivity index (χ4n) is 2.12. The zero-order valence-electron chi connectivity index (χ0n) is 12.0. The molecule has 22 heavy (non-hydrogen) atoms. The molecule has 2 N–H and O–H groups in total. The normalized spacial score (nSPS) is 11.5. The lowest BCUT2D eigenvalue weighted by molar-refractivity contribution is -0.119. The summed E-state index contributed by atoms with van der Waals surface area (Å²) in [6.45, 7) is 0.136. The third kappa shape index (κ3) is 3.81. The average Bonchev–Trinajstić information content (AvgIpc) is 2.51. The summed E-state index contributed by atoms with van der Waals surface area (Å²) < 4.78 is 26.2. The summed E-state index contributed by atoms with van der Waals surface area (Å²) >= 11 is 0. The van der Waals surface area contributed by atoms with Crippen LogP contribution in [0.15, 0.2) is 48.5 Å². The van der Waals surface area contributed by atoms with E-state index in [2.05, 4.69) is 0 Å². The molecule has 2 aromatic carbocycles. The highest BCUT2D eigenvalue weighted by Gasteiger charge is 2.23. The maximum Gasteiger partial charge on any atom is 0.235 e. The van der Waals surface area contributed by atoms with Crippen molar-refractivity contribution in [1.29, 1.82) is 0 Å². The van der Waals surface area contributed by atoms with E-state index in [0.717, 1.165) is 17.7 Å². The van der Waals surface area contributed by atoms with Gasteiger partial charge in [0.2, 0.25) is 5.91 Å². The molecule has 1 amide bonds. The van der Waals surface area contributed by atoms with E-state index < -0.39 is 17.6 Å². The summed E-state index contributed by atoms with van der Waals surface area (Å²) in [4.78, 5) is 13.8. The predicted molar refractivity (Wildman–Crippen MR) is 85.3 cm³/mol. The summed E-state index contributed by atoms with van der Waals surface area (Å²) in [6.07, 6.45) is 0. The standard InChI is InChI=1S/C16H16F2N2O.ClH/c1-20(12-7-8-14(17)15(18)9-12)16(21)13(10-19)11-5-3-2-4-6-11;/h2-9,13H,10,19H2,1H3;1H. The van der Waals surface area contributed by atoms with Gasteiger partial charge in [0.1, 0.15) is 0 Å². The second-order valence-electron chi connectivity index (χ2n) is 4.69. The number of carbonyl (C=O) groups is 1. The van der Waals surface area contributed by atoms with Gasteiger partial charge < -0.3 is 10.6 Å². The van der Waals surface area contributed by atoms with Crippen molar-refractivity contribution in [2.45, 2.75) is 5.92 Å². The molecule has 0 heterocycles. The predicted octanol–water partition coefficient (Wildman–Crippen LogP) is 3.09. The van der Waals surface area contributed by atoms with E-state index in [1.54, 1.807) is 0 Å². The Morgan fingerprint density at radius 2 is 1.77 bits per heavy atom. The zero-order valence-corrected chi connectivity index (χ0v) is 12.8. The van der Waals surface area contributed by atoms with Gasteiger partial charge in [-0.25, -0.2) is 8.78 Å². The molecule has 0 spiro atoms. The van der Waals surface area contributed by atoms with E-state index in [4.69, 9.17) is 5.73 Å². The molecule has 118 valence electrons. The highest BCUT2D eigenvalue weighted by molar-refractivity contribution is 5.97. The van der Waals surface area contributed by atoms with E-state index in [1.165, 1.54) is 18.0 Å². The lowest BCUT2D eigenvalue weighted by Crippen LogP contribution is -2.35. The Morgan fingerprint density at radius 1 is 1.14 bits per heavy atom. The number of halogens is 3. The van der Waals surface area contributed by atoms with Gasteiger partial charge in [0.05, 0.1) is 5.92 Å². The Bertz CT molecular complexity index is 637. The fourth-order valence-corrected chi connectivity index (χ4v) is 2.12. The number of hydrogen-bond donors (Lipinski definition) is 1. The highest BCUT2D eigenvalue weighted by Crippen LogP contribution is 2.22. The quantitative estimate of drug-likeness (QED) is 0.938. The summed E-state index contributed by atoms with van der Waals surface area (Å²) in [5.41, 5.74) is 6.77. The molecule has 0 aliphatic rings. The van der Waals surface area contributed by atoms with Gasteiger partial charge >= 0.3 is 0 Å². The summed E-state index contributed by atoms with van der Waals surface area (Å²) in [5, 5.41) is 0. The number of hydrogen-bond acceptors (Lipinski definition) is 2. The molecule has 0 aliphatic heterocycles. The van der Waals surface area contributed by atoms with Crippen LogP contribution in [0.3, 0.4) is 0 Å². The molecule has 0 aromatic heterocycles. The van der Waals surface area contributed by atoms with Gasteiger partial charge in [0.25, 0.3) is 0 Å². The van der Waals surface area contributed by atoms with E-state index in [-0.39, 0.29) is 30.5 Å². The van der Waals surface area contributed by atoms with Crippen LogP contribution >= 0.6 is 12.4 Å². The molecular formula is C16H17ClF2N2O. The minimum atomic E-state index is -0.990. The molecule has 2 rings (SSSR count). The summed E-state index contributed by atoms with van der Waals surface area (Å²) in [6, 6.07) is 12.5. The first kappa shape index (κ1) is 18.1. The van der Waals surface area contributed by atoms with Gasteiger partial charge in [0, 0.05) is 25.3 Å². The van der Waals surface area contributed by atoms with Gasteiger partial charge in [0.15, 0.2) is 11.6 Å². The largest absolute Gasteiger partial charge is 0.329 e. The molecule has 2 aromatic rings. The van der Waals surface area contributed by atoms with E-state index in [0.29, 0.717) is 0 Å². The molecule has 1 unspecified atom stereocenters. The minimum Gasteiger partial charge on any atom is -0.329 e. The maximum atomic E-state index is 13.3. The smallest absolute Gasteiger partial charge is 0.235 e. The number of anilines is 1. The first-order valence-corrected chi connectivity index (χ1v) is 6.52. The molecule has 0 aliphatic carbocycles. The van der Waals surface area contributed by atoms with Crippen molar-refractivity contribution in [3.8, 4) is 0 Å². The van der Waals surface area contributed by atoms with Gasteiger partial charge in [-0.2, -0.15) is 0 Å². The Morgan fingerprint density at radius 3 is 2.32 bits per heavy atom. The van der Waals surface area contributed by atoms with Gasteiger partial charge in [-0.3, -0.25) is 4.79 Å². The van der Waals surface area contributed by atoms with Gasteiger partial charge in [-0.05, 0) is 17.7 Å². The highest BCUT2D eigenvalue weighted by atomic mass is 35.5. The van der Waals surface area contributed by atoms with Crippen LogP contribution in [0.2, 0.25) is 0 Å². The third-order valence-electron chi connectivity index (χ3n) is 3.36. The molecule has 0 radical (unpaired) electrons. The third-order valence-corrected chi connectivity index (χ3v) is 3.36. The van der Waals surface area contributed by atoms with Crippen molar-refractivity contribution in [2.75, 3.05) is 18.5 Å². The summed E-state index contributed by atoms with van der Waals surface area (Å²) in [5.74, 6) is -2.73. The molecule has 1 atom stereocenters. The van der Waals surface area contributed by atoms with Crippen molar-refractivity contribution >= 4 is 24.0 Å². The van der Waals surface area contributed by atoms with Crippen LogP contribution in [0.1, 0.15) is 11.5 Å². The first-order valence-electron chi connectivity index (χ1n) is 6.52. The second-order valence-corrected chi connectivity index (χ2v) is 4.69. The molecular weight excluding hydrogens is 310 g/mol. The Hall–Kier alpha value is -1.98. The number of amides is 1. The summed E-state index contributed by atoms with van der Waals surface area (Å²) in [7, 11) is 1.51. The fraction of sp³-hybridized carbons (Fsp3) is 0.188. The first-order chi connectivity index (χ1) is 10.0. The van der Waals surface area contributed by atoms with E-state index >= 15 is 0 Å². The van der Waals surface area contributed by atoms with Crippen LogP contribution in [-0.4, -0.2) is 19.5 Å². The van der Waals surface area contributed by atoms with Crippen molar-refractivity contribution < 1.29 is 13.6 Å². The molecule has 0 saturated carbocycles. The SMILES string of the molecule is CN(C(=O)C(CN)c1ccccc1)c1ccc(F)c(F)c1.Cl. The number of likely N-dealkylation sites (N-methyl/N-ethyl adjacent to an activating group) is 1. The van der Waals surface area contributed by atoms with Crippen LogP contribution in [0.4, 0.5) is 14.5 Å². The Labute approximate surface area is 134 Å². The Kier molecular flexibility index (Phi) is 6.46. The van der Waals surface area contributed by atoms with Crippen molar-refractivity contribution in [3.05, 3.63) is 65.7 Å². The van der Waals surface area contributed by atoms with Crippen LogP contribution in [-0.2, 0) is 4.79 Å². The molecule has 0 bridgehead atoms. The van der Waals surface area contributed by atoms with Crippen molar-refractivity contribution in [1.82, 2.24) is 0 Å².